The monoisotopic (exact) mass is 313 g/mol. The van der Waals surface area contributed by atoms with Crippen LogP contribution in [0.3, 0.4) is 0 Å². The number of aliphatic hydroxyl groups excluding tert-OH is 1. The van der Waals surface area contributed by atoms with Crippen LogP contribution in [-0.2, 0) is 9.53 Å². The first-order valence-electron chi connectivity index (χ1n) is 5.25. The lowest BCUT2D eigenvalue weighted by Crippen LogP contribution is -2.28. The van der Waals surface area contributed by atoms with Crippen LogP contribution in [0.5, 0.6) is 0 Å². The molecule has 0 aliphatic rings. The minimum absolute atomic E-state index is 0.152. The van der Waals surface area contributed by atoms with E-state index in [4.69, 9.17) is 10.3 Å². The molecule has 0 aromatic heterocycles. The molecule has 0 spiro atoms. The second-order valence-electron chi connectivity index (χ2n) is 3.37. The molecule has 1 N–H and O–H groups in total. The van der Waals surface area contributed by atoms with Gasteiger partial charge < -0.3 is 9.84 Å². The summed E-state index contributed by atoms with van der Waals surface area (Å²) in [6.45, 7) is 1.79. The van der Waals surface area contributed by atoms with E-state index in [2.05, 4.69) is 26.0 Å². The summed E-state index contributed by atoms with van der Waals surface area (Å²) in [6, 6.07) is 5.54. The lowest BCUT2D eigenvalue weighted by Gasteiger charge is -2.18. The average Bonchev–Trinajstić information content (AvgIpc) is 2.36. The number of azide groups is 1. The van der Waals surface area contributed by atoms with Gasteiger partial charge in [0.15, 0.2) is 6.04 Å². The molecule has 0 saturated heterocycles. The van der Waals surface area contributed by atoms with E-state index < -0.39 is 18.1 Å². The lowest BCUT2D eigenvalue weighted by atomic mass is 10.0. The summed E-state index contributed by atoms with van der Waals surface area (Å²) in [5, 5.41) is 13.4. The van der Waals surface area contributed by atoms with Crippen LogP contribution in [0.2, 0.25) is 0 Å². The Hall–Kier alpha value is -1.56. The van der Waals surface area contributed by atoms with Gasteiger partial charge in [-0.2, -0.15) is 0 Å². The maximum Gasteiger partial charge on any atom is 0.317 e. The van der Waals surface area contributed by atoms with E-state index in [1.807, 2.05) is 0 Å². The van der Waals surface area contributed by atoms with Crippen molar-refractivity contribution in [2.24, 2.45) is 5.11 Å². The van der Waals surface area contributed by atoms with Crippen molar-refractivity contribution in [1.82, 2.24) is 0 Å². The van der Waals surface area contributed by atoms with Gasteiger partial charge in [0.1, 0.15) is 0 Å². The van der Waals surface area contributed by atoms with E-state index >= 15 is 0 Å². The molecule has 18 heavy (non-hydrogen) atoms. The SMILES string of the molecule is CCOC(=O)[C@@H](N=[N+]=[N-])[C@H](O)c1ccccc1Br. The van der Waals surface area contributed by atoms with Crippen LogP contribution in [0.1, 0.15) is 18.6 Å². The highest BCUT2D eigenvalue weighted by molar-refractivity contribution is 9.10. The first-order valence-corrected chi connectivity index (χ1v) is 6.04. The van der Waals surface area contributed by atoms with Crippen molar-refractivity contribution in [3.63, 3.8) is 0 Å². The Morgan fingerprint density at radius 1 is 1.61 bits per heavy atom. The Kier molecular flexibility index (Phi) is 5.64. The van der Waals surface area contributed by atoms with Crippen molar-refractivity contribution in [3.05, 3.63) is 44.7 Å². The molecule has 1 aromatic carbocycles. The minimum Gasteiger partial charge on any atom is -0.466 e. The predicted molar refractivity (Wildman–Crippen MR) is 68.7 cm³/mol. The normalized spacial score (nSPS) is 13.3. The van der Waals surface area contributed by atoms with Crippen LogP contribution in [0, 0.1) is 0 Å². The van der Waals surface area contributed by atoms with Gasteiger partial charge in [0, 0.05) is 9.38 Å². The summed E-state index contributed by atoms with van der Waals surface area (Å²) in [5.74, 6) is -0.751. The average molecular weight is 314 g/mol. The number of aliphatic hydroxyl groups is 1. The van der Waals surface area contributed by atoms with E-state index in [-0.39, 0.29) is 6.61 Å². The van der Waals surface area contributed by atoms with E-state index in [9.17, 15) is 9.90 Å². The lowest BCUT2D eigenvalue weighted by molar-refractivity contribution is -0.147. The molecule has 96 valence electrons. The van der Waals surface area contributed by atoms with Crippen LogP contribution in [0.4, 0.5) is 0 Å². The Balaban J connectivity index is 3.03. The van der Waals surface area contributed by atoms with Crippen molar-refractivity contribution in [1.29, 1.82) is 0 Å². The predicted octanol–water partition coefficient (Wildman–Crippen LogP) is 2.72. The first-order chi connectivity index (χ1) is 8.61. The molecular weight excluding hydrogens is 302 g/mol. The highest BCUT2D eigenvalue weighted by atomic mass is 79.9. The number of benzene rings is 1. The number of hydrogen-bond acceptors (Lipinski definition) is 4. The van der Waals surface area contributed by atoms with E-state index in [0.29, 0.717) is 10.0 Å². The van der Waals surface area contributed by atoms with Crippen molar-refractivity contribution < 1.29 is 14.6 Å². The maximum atomic E-state index is 11.6. The topological polar surface area (TPSA) is 95.3 Å². The number of nitrogens with zero attached hydrogens (tertiary/aromatic N) is 3. The Labute approximate surface area is 112 Å². The smallest absolute Gasteiger partial charge is 0.317 e. The summed E-state index contributed by atoms with van der Waals surface area (Å²) in [4.78, 5) is 14.2. The molecular formula is C11H12BrN3O3. The van der Waals surface area contributed by atoms with Crippen LogP contribution in [0.15, 0.2) is 33.9 Å². The highest BCUT2D eigenvalue weighted by Crippen LogP contribution is 2.27. The Bertz CT molecular complexity index is 474. The molecule has 6 nitrogen and oxygen atoms in total. The molecule has 7 heteroatoms. The minimum atomic E-state index is -1.30. The van der Waals surface area contributed by atoms with Gasteiger partial charge in [-0.1, -0.05) is 39.2 Å². The zero-order valence-corrected chi connectivity index (χ0v) is 11.2. The maximum absolute atomic E-state index is 11.6. The fourth-order valence-corrected chi connectivity index (χ4v) is 1.93. The van der Waals surface area contributed by atoms with Crippen LogP contribution >= 0.6 is 15.9 Å². The van der Waals surface area contributed by atoms with E-state index in [1.54, 1.807) is 31.2 Å². The van der Waals surface area contributed by atoms with Gasteiger partial charge >= 0.3 is 5.97 Å². The van der Waals surface area contributed by atoms with Gasteiger partial charge in [0.25, 0.3) is 0 Å². The van der Waals surface area contributed by atoms with E-state index in [0.717, 1.165) is 0 Å². The third-order valence-electron chi connectivity index (χ3n) is 2.23. The van der Waals surface area contributed by atoms with Crippen LogP contribution in [-0.4, -0.2) is 23.7 Å². The first kappa shape index (κ1) is 14.5. The molecule has 0 fully saturated rings. The molecule has 2 atom stereocenters. The molecule has 1 rings (SSSR count). The molecule has 0 aliphatic heterocycles. The van der Waals surface area contributed by atoms with Gasteiger partial charge in [-0.3, -0.25) is 4.79 Å². The summed E-state index contributed by atoms with van der Waals surface area (Å²) < 4.78 is 5.38. The second-order valence-corrected chi connectivity index (χ2v) is 4.22. The number of carbonyl (C=O) groups excluding carboxylic acids is 1. The number of esters is 1. The van der Waals surface area contributed by atoms with Gasteiger partial charge in [0.05, 0.1) is 12.7 Å². The molecule has 0 amide bonds. The summed E-state index contributed by atoms with van der Waals surface area (Å²) in [6.07, 6.45) is -1.25. The molecule has 0 radical (unpaired) electrons. The van der Waals surface area contributed by atoms with Gasteiger partial charge in [0.2, 0.25) is 0 Å². The molecule has 0 unspecified atom stereocenters. The standard InChI is InChI=1S/C11H12BrN3O3/c1-2-18-11(17)9(14-15-13)10(16)7-5-3-4-6-8(7)12/h3-6,9-10,16H,2H2,1H3/t9-,10+/m0/s1. The zero-order valence-electron chi connectivity index (χ0n) is 9.65. The second kappa shape index (κ2) is 7.00. The van der Waals surface area contributed by atoms with Gasteiger partial charge in [-0.15, -0.1) is 0 Å². The number of carbonyl (C=O) groups is 1. The van der Waals surface area contributed by atoms with Crippen molar-refractivity contribution in [2.45, 2.75) is 19.1 Å². The molecule has 0 saturated carbocycles. The van der Waals surface area contributed by atoms with Crippen LogP contribution < -0.4 is 0 Å². The fourth-order valence-electron chi connectivity index (χ4n) is 1.41. The van der Waals surface area contributed by atoms with E-state index in [1.165, 1.54) is 0 Å². The number of rotatable bonds is 5. The highest BCUT2D eigenvalue weighted by Gasteiger charge is 2.29. The Morgan fingerprint density at radius 3 is 2.83 bits per heavy atom. The Morgan fingerprint density at radius 2 is 2.28 bits per heavy atom. The number of ether oxygens (including phenoxy) is 1. The summed E-state index contributed by atoms with van der Waals surface area (Å²) >= 11 is 3.26. The third-order valence-corrected chi connectivity index (χ3v) is 2.95. The van der Waals surface area contributed by atoms with Gasteiger partial charge in [-0.05, 0) is 24.1 Å². The molecule has 0 bridgehead atoms. The van der Waals surface area contributed by atoms with Crippen molar-refractivity contribution in [3.8, 4) is 0 Å². The number of hydrogen-bond donors (Lipinski definition) is 1. The molecule has 0 heterocycles. The molecule has 0 aliphatic carbocycles. The number of halogens is 1. The van der Waals surface area contributed by atoms with Crippen molar-refractivity contribution in [2.75, 3.05) is 6.61 Å². The third kappa shape index (κ3) is 3.46. The zero-order chi connectivity index (χ0) is 13.5. The molecule has 1 aromatic rings. The van der Waals surface area contributed by atoms with Gasteiger partial charge in [-0.25, -0.2) is 0 Å². The summed E-state index contributed by atoms with van der Waals surface area (Å²) in [5.41, 5.74) is 8.91. The van der Waals surface area contributed by atoms with Crippen LogP contribution in [0.25, 0.3) is 10.4 Å². The quantitative estimate of drug-likeness (QED) is 0.392. The fraction of sp³-hybridized carbons (Fsp3) is 0.364. The largest absolute Gasteiger partial charge is 0.466 e. The summed E-state index contributed by atoms with van der Waals surface area (Å²) in [7, 11) is 0. The van der Waals surface area contributed by atoms with Crippen molar-refractivity contribution >= 4 is 21.9 Å².